The van der Waals surface area contributed by atoms with Crippen LogP contribution in [0, 0.1) is 0 Å². The summed E-state index contributed by atoms with van der Waals surface area (Å²) in [7, 11) is 0.595. The lowest BCUT2D eigenvalue weighted by molar-refractivity contribution is -0.236. The van der Waals surface area contributed by atoms with Gasteiger partial charge in [-0.1, -0.05) is 5.16 Å². The van der Waals surface area contributed by atoms with Crippen molar-refractivity contribution in [2.45, 2.75) is 43.0 Å². The molecular weight excluding hydrogens is 602 g/mol. The Balaban J connectivity index is 6.99. The van der Waals surface area contributed by atoms with E-state index in [1.807, 2.05) is 0 Å². The minimum absolute atomic E-state index is 0.595. The zero-order valence-electron chi connectivity index (χ0n) is 17.7. The van der Waals surface area contributed by atoms with E-state index in [4.69, 9.17) is 11.6 Å². The fourth-order valence-electron chi connectivity index (χ4n) is 1.94. The van der Waals surface area contributed by atoms with Crippen LogP contribution in [0.5, 0.6) is 0 Å². The maximum atomic E-state index is 12.8. The number of carbonyl (C=O) groups is 4. The van der Waals surface area contributed by atoms with Gasteiger partial charge in [0.05, 0.1) is 5.88 Å². The SMILES string of the molecule is CON=C(CCl)C(OC(=O)C(F)(F)F)C(OC(=O)C(F)(F)F)C(COC(=O)C(F)(F)F)OC(=O)C(F)(F)F. The number of hydrogen-bond acceptors (Lipinski definition) is 10. The summed E-state index contributed by atoms with van der Waals surface area (Å²) in [5.41, 5.74) is -1.37. The lowest BCUT2D eigenvalue weighted by Gasteiger charge is -2.32. The first-order valence-electron chi connectivity index (χ1n) is 8.70. The molecule has 0 amide bonds. The highest BCUT2D eigenvalue weighted by Crippen LogP contribution is 2.28. The van der Waals surface area contributed by atoms with Crippen LogP contribution in [0.2, 0.25) is 0 Å². The molecule has 0 spiro atoms. The molecule has 0 aromatic carbocycles. The highest BCUT2D eigenvalue weighted by molar-refractivity contribution is 6.29. The molecular formula is C15H10ClF12NO9. The summed E-state index contributed by atoms with van der Waals surface area (Å²) in [4.78, 5) is 48.9. The molecule has 0 fully saturated rings. The Labute approximate surface area is 205 Å². The number of carbonyl (C=O) groups excluding carboxylic acids is 4. The minimum atomic E-state index is -6.11. The highest BCUT2D eigenvalue weighted by Gasteiger charge is 2.53. The van der Waals surface area contributed by atoms with Crippen molar-refractivity contribution in [1.29, 1.82) is 0 Å². The van der Waals surface area contributed by atoms with Gasteiger partial charge in [-0.3, -0.25) is 0 Å². The van der Waals surface area contributed by atoms with Crippen LogP contribution < -0.4 is 0 Å². The van der Waals surface area contributed by atoms with Gasteiger partial charge in [0.2, 0.25) is 0 Å². The number of nitrogens with zero attached hydrogens (tertiary/aromatic N) is 1. The summed E-state index contributed by atoms with van der Waals surface area (Å²) in [6, 6.07) is 0. The molecule has 3 unspecified atom stereocenters. The van der Waals surface area contributed by atoms with E-state index in [9.17, 15) is 71.9 Å². The molecule has 0 aromatic rings. The molecule has 10 nitrogen and oxygen atoms in total. The van der Waals surface area contributed by atoms with E-state index in [0.29, 0.717) is 7.11 Å². The maximum absolute atomic E-state index is 12.8. The fraction of sp³-hybridized carbons (Fsp3) is 0.667. The molecule has 0 radical (unpaired) electrons. The van der Waals surface area contributed by atoms with Crippen LogP contribution in [0.3, 0.4) is 0 Å². The number of halogens is 13. The lowest BCUT2D eigenvalue weighted by Crippen LogP contribution is -2.54. The number of oxime groups is 1. The first-order valence-corrected chi connectivity index (χ1v) is 9.23. The van der Waals surface area contributed by atoms with Crippen molar-refractivity contribution < 1.29 is 95.6 Å². The normalized spacial score (nSPS) is 15.6. The van der Waals surface area contributed by atoms with Gasteiger partial charge in [0.15, 0.2) is 18.3 Å². The quantitative estimate of drug-likeness (QED) is 0.0915. The van der Waals surface area contributed by atoms with E-state index in [2.05, 4.69) is 28.9 Å². The summed E-state index contributed by atoms with van der Waals surface area (Å²) in [6.45, 7) is -2.36. The zero-order chi connectivity index (χ0) is 30.3. The first kappa shape index (κ1) is 34.8. The zero-order valence-corrected chi connectivity index (χ0v) is 18.4. The van der Waals surface area contributed by atoms with Gasteiger partial charge in [-0.05, 0) is 0 Å². The fourth-order valence-corrected chi connectivity index (χ4v) is 2.14. The molecule has 0 N–H and O–H groups in total. The standard InChI is InChI=1S/C15H10ClF12NO9/c1-34-29-4(2-16)6(37-10(32)14(23,24)25)7(38-11(33)15(26,27)28)5(36-9(31)13(20,21)22)3-35-8(30)12(17,18)19/h5-7H,2-3H2,1H3. The number of rotatable bonds is 10. The van der Waals surface area contributed by atoms with Crippen LogP contribution in [0.25, 0.3) is 0 Å². The smallest absolute Gasteiger partial charge is 0.455 e. The maximum Gasteiger partial charge on any atom is 0.490 e. The Bertz CT molecular complexity index is 898. The Hall–Kier alpha value is -3.20. The van der Waals surface area contributed by atoms with Gasteiger partial charge in [-0.2, -0.15) is 52.7 Å². The second-order valence-corrected chi connectivity index (χ2v) is 6.40. The van der Waals surface area contributed by atoms with E-state index < -0.39 is 85.1 Å². The van der Waals surface area contributed by atoms with E-state index in [1.54, 1.807) is 0 Å². The number of ether oxygens (including phenoxy) is 4. The molecule has 0 bridgehead atoms. The third-order valence-corrected chi connectivity index (χ3v) is 3.65. The molecule has 3 atom stereocenters. The van der Waals surface area contributed by atoms with Crippen LogP contribution in [0.4, 0.5) is 52.7 Å². The van der Waals surface area contributed by atoms with Crippen molar-refractivity contribution in [1.82, 2.24) is 0 Å². The van der Waals surface area contributed by atoms with Crippen molar-refractivity contribution in [3.05, 3.63) is 0 Å². The molecule has 0 aromatic heterocycles. The van der Waals surface area contributed by atoms with Crippen LogP contribution in [-0.4, -0.2) is 92.2 Å². The second-order valence-electron chi connectivity index (χ2n) is 6.13. The minimum Gasteiger partial charge on any atom is -0.455 e. The van der Waals surface area contributed by atoms with Crippen LogP contribution in [0.15, 0.2) is 5.16 Å². The number of esters is 4. The highest BCUT2D eigenvalue weighted by atomic mass is 35.5. The predicted octanol–water partition coefficient (Wildman–Crippen LogP) is 2.76. The molecule has 38 heavy (non-hydrogen) atoms. The predicted molar refractivity (Wildman–Crippen MR) is 90.0 cm³/mol. The average Bonchev–Trinajstić information content (AvgIpc) is 2.74. The summed E-state index contributed by atoms with van der Waals surface area (Å²) in [5, 5.41) is 2.83. The Morgan fingerprint density at radius 3 is 1.45 bits per heavy atom. The molecule has 0 heterocycles. The van der Waals surface area contributed by atoms with Crippen molar-refractivity contribution in [3.8, 4) is 0 Å². The monoisotopic (exact) mass is 611 g/mol. The van der Waals surface area contributed by atoms with Crippen molar-refractivity contribution in [2.24, 2.45) is 5.16 Å². The van der Waals surface area contributed by atoms with Crippen LogP contribution >= 0.6 is 11.6 Å². The number of hydrogen-bond donors (Lipinski definition) is 0. The van der Waals surface area contributed by atoms with Crippen LogP contribution in [-0.2, 0) is 43.0 Å². The molecule has 23 heteroatoms. The molecule has 0 aliphatic carbocycles. The van der Waals surface area contributed by atoms with Gasteiger partial charge in [-0.15, -0.1) is 11.6 Å². The molecule has 220 valence electrons. The third kappa shape index (κ3) is 11.0. The average molecular weight is 612 g/mol. The molecule has 0 aliphatic rings. The summed E-state index contributed by atoms with van der Waals surface area (Å²) in [5.74, 6) is -14.9. The molecule has 0 saturated heterocycles. The Morgan fingerprint density at radius 1 is 0.684 bits per heavy atom. The van der Waals surface area contributed by atoms with Gasteiger partial charge in [0, 0.05) is 0 Å². The van der Waals surface area contributed by atoms with E-state index in [1.165, 1.54) is 0 Å². The van der Waals surface area contributed by atoms with Crippen molar-refractivity contribution in [3.63, 3.8) is 0 Å². The second kappa shape index (κ2) is 13.0. The van der Waals surface area contributed by atoms with Gasteiger partial charge in [0.1, 0.15) is 19.4 Å². The van der Waals surface area contributed by atoms with Crippen molar-refractivity contribution >= 4 is 41.2 Å². The van der Waals surface area contributed by atoms with E-state index in [0.717, 1.165) is 0 Å². The summed E-state index contributed by atoms with van der Waals surface area (Å²) >= 11 is 5.31. The molecule has 0 aliphatic heterocycles. The topological polar surface area (TPSA) is 127 Å². The van der Waals surface area contributed by atoms with E-state index in [-0.39, 0.29) is 0 Å². The van der Waals surface area contributed by atoms with Gasteiger partial charge < -0.3 is 23.8 Å². The van der Waals surface area contributed by atoms with Crippen molar-refractivity contribution in [2.75, 3.05) is 19.6 Å². The van der Waals surface area contributed by atoms with E-state index >= 15 is 0 Å². The Kier molecular flexibility index (Phi) is 11.9. The van der Waals surface area contributed by atoms with Gasteiger partial charge >= 0.3 is 48.6 Å². The Morgan fingerprint density at radius 2 is 1.08 bits per heavy atom. The van der Waals surface area contributed by atoms with Crippen LogP contribution in [0.1, 0.15) is 0 Å². The first-order chi connectivity index (χ1) is 17.0. The number of alkyl halides is 13. The van der Waals surface area contributed by atoms with Gasteiger partial charge in [-0.25, -0.2) is 19.2 Å². The molecule has 0 saturated carbocycles. The summed E-state index contributed by atoms with van der Waals surface area (Å²) in [6.07, 6.45) is -34.5. The largest absolute Gasteiger partial charge is 0.490 e. The lowest BCUT2D eigenvalue weighted by atomic mass is 10.0. The molecule has 0 rings (SSSR count). The third-order valence-electron chi connectivity index (χ3n) is 3.38. The summed E-state index contributed by atoms with van der Waals surface area (Å²) < 4.78 is 166. The van der Waals surface area contributed by atoms with Gasteiger partial charge in [0.25, 0.3) is 0 Å².